The third kappa shape index (κ3) is 2.59. The number of hydrogen-bond donors (Lipinski definition) is 1. The molecule has 1 aromatic heterocycles. The number of nitrogens with one attached hydrogen (secondary N) is 1. The predicted octanol–water partition coefficient (Wildman–Crippen LogP) is 2.28. The minimum absolute atomic E-state index is 0.148. The zero-order valence-corrected chi connectivity index (χ0v) is 10.0. The summed E-state index contributed by atoms with van der Waals surface area (Å²) in [5.74, 6) is 0.386. The average molecular weight is 241 g/mol. The number of carbonyl (C=O) groups excluding carboxylic acids is 1. The van der Waals surface area contributed by atoms with Gasteiger partial charge in [-0.05, 0) is 30.5 Å². The van der Waals surface area contributed by atoms with Gasteiger partial charge in [-0.15, -0.1) is 0 Å². The minimum Gasteiger partial charge on any atom is -0.333 e. The van der Waals surface area contributed by atoms with E-state index < -0.39 is 0 Å². The van der Waals surface area contributed by atoms with Crippen LogP contribution in [-0.4, -0.2) is 15.5 Å². The molecule has 0 unspecified atom stereocenters. The highest BCUT2D eigenvalue weighted by Crippen LogP contribution is 2.30. The predicted molar refractivity (Wildman–Crippen MR) is 69.1 cm³/mol. The number of anilines is 1. The highest BCUT2D eigenvalue weighted by molar-refractivity contribution is 5.94. The van der Waals surface area contributed by atoms with E-state index in [-0.39, 0.29) is 11.8 Å². The van der Waals surface area contributed by atoms with Crippen LogP contribution in [0.5, 0.6) is 0 Å². The van der Waals surface area contributed by atoms with Crippen molar-refractivity contribution >= 4 is 11.6 Å². The Morgan fingerprint density at radius 1 is 1.44 bits per heavy atom. The van der Waals surface area contributed by atoms with Gasteiger partial charge in [0.2, 0.25) is 5.91 Å². The molecule has 4 heteroatoms. The molecule has 1 aromatic carbocycles. The Bertz CT molecular complexity index is 544. The lowest BCUT2D eigenvalue weighted by atomic mass is 10.2. The van der Waals surface area contributed by atoms with Crippen molar-refractivity contribution < 1.29 is 4.79 Å². The van der Waals surface area contributed by atoms with Crippen LogP contribution in [0.15, 0.2) is 43.0 Å². The van der Waals surface area contributed by atoms with Crippen LogP contribution < -0.4 is 5.32 Å². The zero-order valence-electron chi connectivity index (χ0n) is 10.0. The molecule has 1 aliphatic rings. The number of hydrogen-bond acceptors (Lipinski definition) is 2. The van der Waals surface area contributed by atoms with Gasteiger partial charge in [0.25, 0.3) is 0 Å². The second-order valence-corrected chi connectivity index (χ2v) is 4.70. The molecule has 18 heavy (non-hydrogen) atoms. The summed E-state index contributed by atoms with van der Waals surface area (Å²) in [5.41, 5.74) is 2.03. The maximum atomic E-state index is 11.7. The molecule has 1 amide bonds. The highest BCUT2D eigenvalue weighted by atomic mass is 16.2. The van der Waals surface area contributed by atoms with Crippen LogP contribution in [0.25, 0.3) is 0 Å². The van der Waals surface area contributed by atoms with Crippen LogP contribution in [0.2, 0.25) is 0 Å². The first-order valence-corrected chi connectivity index (χ1v) is 6.17. The van der Waals surface area contributed by atoms with E-state index in [9.17, 15) is 4.79 Å². The van der Waals surface area contributed by atoms with Crippen molar-refractivity contribution in [3.63, 3.8) is 0 Å². The standard InChI is InChI=1S/C14H15N3O/c18-14(12-4-5-12)16-13-3-1-2-11(8-13)9-17-7-6-15-10-17/h1-3,6-8,10,12H,4-5,9H2,(H,16,18). The van der Waals surface area contributed by atoms with Crippen LogP contribution >= 0.6 is 0 Å². The first-order chi connectivity index (χ1) is 8.81. The van der Waals surface area contributed by atoms with Crippen molar-refractivity contribution in [2.24, 2.45) is 5.92 Å². The van der Waals surface area contributed by atoms with Gasteiger partial charge in [0.1, 0.15) is 0 Å². The van der Waals surface area contributed by atoms with Gasteiger partial charge in [0, 0.05) is 30.5 Å². The Hall–Kier alpha value is -2.10. The number of amides is 1. The third-order valence-corrected chi connectivity index (χ3v) is 3.07. The quantitative estimate of drug-likeness (QED) is 0.892. The summed E-state index contributed by atoms with van der Waals surface area (Å²) in [6.45, 7) is 0.771. The van der Waals surface area contributed by atoms with Crippen molar-refractivity contribution in [2.75, 3.05) is 5.32 Å². The van der Waals surface area contributed by atoms with Crippen molar-refractivity contribution in [3.05, 3.63) is 48.5 Å². The van der Waals surface area contributed by atoms with E-state index >= 15 is 0 Å². The summed E-state index contributed by atoms with van der Waals surface area (Å²) in [7, 11) is 0. The molecule has 1 heterocycles. The van der Waals surface area contributed by atoms with Gasteiger partial charge >= 0.3 is 0 Å². The van der Waals surface area contributed by atoms with Gasteiger partial charge < -0.3 is 9.88 Å². The van der Waals surface area contributed by atoms with Gasteiger partial charge in [-0.2, -0.15) is 0 Å². The molecule has 3 rings (SSSR count). The van der Waals surface area contributed by atoms with Crippen LogP contribution in [0.4, 0.5) is 5.69 Å². The van der Waals surface area contributed by atoms with E-state index in [0.29, 0.717) is 0 Å². The zero-order chi connectivity index (χ0) is 12.4. The van der Waals surface area contributed by atoms with Crippen molar-refractivity contribution in [1.29, 1.82) is 0 Å². The summed E-state index contributed by atoms with van der Waals surface area (Å²) in [6.07, 6.45) is 7.53. The summed E-state index contributed by atoms with van der Waals surface area (Å²) in [4.78, 5) is 15.7. The Balaban J connectivity index is 1.70. The molecule has 1 N–H and O–H groups in total. The van der Waals surface area contributed by atoms with E-state index in [1.54, 1.807) is 12.5 Å². The number of rotatable bonds is 4. The number of benzene rings is 1. The molecular formula is C14H15N3O. The topological polar surface area (TPSA) is 46.9 Å². The fourth-order valence-electron chi connectivity index (χ4n) is 1.93. The number of nitrogens with zero attached hydrogens (tertiary/aromatic N) is 2. The molecular weight excluding hydrogens is 226 g/mol. The van der Waals surface area contributed by atoms with Crippen molar-refractivity contribution in [1.82, 2.24) is 9.55 Å². The molecule has 2 aromatic rings. The molecule has 1 aliphatic carbocycles. The van der Waals surface area contributed by atoms with Gasteiger partial charge in [0.05, 0.1) is 6.33 Å². The Kier molecular flexibility index (Phi) is 2.84. The Morgan fingerprint density at radius 2 is 2.33 bits per heavy atom. The first kappa shape index (κ1) is 11.0. The van der Waals surface area contributed by atoms with E-state index in [4.69, 9.17) is 0 Å². The molecule has 0 bridgehead atoms. The first-order valence-electron chi connectivity index (χ1n) is 6.17. The van der Waals surface area contributed by atoms with E-state index in [1.165, 1.54) is 0 Å². The van der Waals surface area contributed by atoms with Gasteiger partial charge in [-0.1, -0.05) is 12.1 Å². The second-order valence-electron chi connectivity index (χ2n) is 4.70. The molecule has 4 nitrogen and oxygen atoms in total. The van der Waals surface area contributed by atoms with Crippen LogP contribution in [0.1, 0.15) is 18.4 Å². The molecule has 92 valence electrons. The number of imidazole rings is 1. The van der Waals surface area contributed by atoms with Crippen molar-refractivity contribution in [2.45, 2.75) is 19.4 Å². The van der Waals surface area contributed by atoms with Gasteiger partial charge in [-0.3, -0.25) is 4.79 Å². The van der Waals surface area contributed by atoms with Crippen LogP contribution in [0.3, 0.4) is 0 Å². The van der Waals surface area contributed by atoms with Crippen LogP contribution in [-0.2, 0) is 11.3 Å². The number of aromatic nitrogens is 2. The molecule has 0 saturated heterocycles. The maximum Gasteiger partial charge on any atom is 0.227 e. The number of carbonyl (C=O) groups is 1. The van der Waals surface area contributed by atoms with Gasteiger partial charge in [0.15, 0.2) is 0 Å². The molecule has 0 spiro atoms. The maximum absolute atomic E-state index is 11.7. The molecule has 0 atom stereocenters. The monoisotopic (exact) mass is 241 g/mol. The van der Waals surface area contributed by atoms with Gasteiger partial charge in [-0.25, -0.2) is 4.98 Å². The smallest absolute Gasteiger partial charge is 0.227 e. The average Bonchev–Trinajstić information content (AvgIpc) is 3.10. The second kappa shape index (κ2) is 4.64. The van der Waals surface area contributed by atoms with E-state index in [0.717, 1.165) is 30.6 Å². The summed E-state index contributed by atoms with van der Waals surface area (Å²) in [5, 5.41) is 2.96. The molecule has 0 radical (unpaired) electrons. The summed E-state index contributed by atoms with van der Waals surface area (Å²) in [6, 6.07) is 7.96. The lowest BCUT2D eigenvalue weighted by molar-refractivity contribution is -0.117. The lowest BCUT2D eigenvalue weighted by Crippen LogP contribution is -2.13. The normalized spacial score (nSPS) is 14.4. The lowest BCUT2D eigenvalue weighted by Gasteiger charge is -2.07. The highest BCUT2D eigenvalue weighted by Gasteiger charge is 2.29. The molecule has 1 saturated carbocycles. The molecule has 0 aliphatic heterocycles. The fourth-order valence-corrected chi connectivity index (χ4v) is 1.93. The third-order valence-electron chi connectivity index (χ3n) is 3.07. The fraction of sp³-hybridized carbons (Fsp3) is 0.286. The van der Waals surface area contributed by atoms with E-state index in [2.05, 4.69) is 10.3 Å². The summed E-state index contributed by atoms with van der Waals surface area (Å²) < 4.78 is 2.00. The largest absolute Gasteiger partial charge is 0.333 e. The molecule has 1 fully saturated rings. The van der Waals surface area contributed by atoms with E-state index in [1.807, 2.05) is 35.0 Å². The minimum atomic E-state index is 0.148. The SMILES string of the molecule is O=C(Nc1cccc(Cn2ccnc2)c1)C1CC1. The Morgan fingerprint density at radius 3 is 3.06 bits per heavy atom. The Labute approximate surface area is 106 Å². The van der Waals surface area contributed by atoms with Crippen molar-refractivity contribution in [3.8, 4) is 0 Å². The summed E-state index contributed by atoms with van der Waals surface area (Å²) >= 11 is 0. The van der Waals surface area contributed by atoms with Crippen LogP contribution in [0, 0.1) is 5.92 Å².